The largest absolute Gasteiger partial charge is 0.468 e. The first-order valence-corrected chi connectivity index (χ1v) is 13.3. The zero-order valence-corrected chi connectivity index (χ0v) is 21.0. The number of hydrogen-bond donors (Lipinski definition) is 0. The number of fused-ring (bicyclic) bond motifs is 1. The highest BCUT2D eigenvalue weighted by Crippen LogP contribution is 2.24. The van der Waals surface area contributed by atoms with Gasteiger partial charge in [0.1, 0.15) is 6.54 Å². The molecule has 180 valence electrons. The van der Waals surface area contributed by atoms with Crippen LogP contribution in [0.5, 0.6) is 0 Å². The Kier molecular flexibility index (Phi) is 7.01. The molecule has 0 N–H and O–H groups in total. The summed E-state index contributed by atoms with van der Waals surface area (Å²) in [5.74, 6) is -0.637. The van der Waals surface area contributed by atoms with Gasteiger partial charge in [-0.1, -0.05) is 30.4 Å². The smallest absolute Gasteiger partial charge is 0.325 e. The Labute approximate surface area is 202 Å². The van der Waals surface area contributed by atoms with Crippen molar-refractivity contribution in [2.75, 3.05) is 20.2 Å². The van der Waals surface area contributed by atoms with Gasteiger partial charge in [-0.2, -0.15) is 9.30 Å². The molecule has 34 heavy (non-hydrogen) atoms. The molecule has 4 rings (SSSR count). The molecule has 1 aliphatic heterocycles. The van der Waals surface area contributed by atoms with Gasteiger partial charge in [0.25, 0.3) is 5.91 Å². The van der Waals surface area contributed by atoms with Gasteiger partial charge in [0.05, 0.1) is 22.2 Å². The molecule has 1 atom stereocenters. The van der Waals surface area contributed by atoms with E-state index in [1.165, 1.54) is 47.0 Å². The molecule has 10 heteroatoms. The number of nitrogens with zero attached hydrogens (tertiary/aromatic N) is 3. The number of methoxy groups -OCH3 is 1. The summed E-state index contributed by atoms with van der Waals surface area (Å²) < 4.78 is 34.9. The maximum Gasteiger partial charge on any atom is 0.325 e. The minimum absolute atomic E-state index is 0.0705. The molecule has 2 heterocycles. The molecular formula is C24H27N3O5S2. The van der Waals surface area contributed by atoms with Gasteiger partial charge in [0, 0.05) is 18.7 Å². The van der Waals surface area contributed by atoms with Gasteiger partial charge < -0.3 is 9.30 Å². The fourth-order valence-corrected chi connectivity index (χ4v) is 6.87. The molecule has 2 aromatic carbocycles. The van der Waals surface area contributed by atoms with E-state index in [-0.39, 0.29) is 17.0 Å². The number of sulfonamides is 1. The summed E-state index contributed by atoms with van der Waals surface area (Å²) in [5.41, 5.74) is 2.04. The van der Waals surface area contributed by atoms with Crippen molar-refractivity contribution in [2.24, 2.45) is 10.9 Å². The van der Waals surface area contributed by atoms with E-state index in [4.69, 9.17) is 4.74 Å². The van der Waals surface area contributed by atoms with Crippen LogP contribution in [-0.4, -0.2) is 49.4 Å². The lowest BCUT2D eigenvalue weighted by Crippen LogP contribution is -2.39. The fraction of sp³-hybridized carbons (Fsp3) is 0.375. The Bertz CT molecular complexity index is 1400. The number of hydrogen-bond acceptors (Lipinski definition) is 6. The lowest BCUT2D eigenvalue weighted by molar-refractivity contribution is -0.141. The Morgan fingerprint density at radius 3 is 2.59 bits per heavy atom. The van der Waals surface area contributed by atoms with E-state index in [0.717, 1.165) is 28.6 Å². The van der Waals surface area contributed by atoms with Gasteiger partial charge in [-0.05, 0) is 61.6 Å². The Morgan fingerprint density at radius 1 is 1.18 bits per heavy atom. The molecular weight excluding hydrogens is 474 g/mol. The number of aromatic nitrogens is 1. The maximum atomic E-state index is 13.0. The van der Waals surface area contributed by atoms with Gasteiger partial charge >= 0.3 is 5.97 Å². The molecule has 8 nitrogen and oxygen atoms in total. The highest BCUT2D eigenvalue weighted by molar-refractivity contribution is 7.89. The number of benzene rings is 2. The molecule has 0 radical (unpaired) electrons. The van der Waals surface area contributed by atoms with Gasteiger partial charge in [0.15, 0.2) is 4.80 Å². The minimum Gasteiger partial charge on any atom is -0.468 e. The van der Waals surface area contributed by atoms with Crippen molar-refractivity contribution in [3.05, 3.63) is 58.4 Å². The zero-order chi connectivity index (χ0) is 24.5. The number of esters is 1. The molecule has 1 unspecified atom stereocenters. The highest BCUT2D eigenvalue weighted by Gasteiger charge is 2.28. The Balaban J connectivity index is 1.66. The first-order valence-electron chi connectivity index (χ1n) is 11.1. The maximum absolute atomic E-state index is 13.0. The normalized spacial score (nSPS) is 17.7. The quantitative estimate of drug-likeness (QED) is 0.500. The first kappa shape index (κ1) is 24.3. The molecule has 1 fully saturated rings. The third-order valence-corrected chi connectivity index (χ3v) is 8.90. The van der Waals surface area contributed by atoms with Gasteiger partial charge in [0.2, 0.25) is 10.0 Å². The van der Waals surface area contributed by atoms with Crippen molar-refractivity contribution in [2.45, 2.75) is 38.1 Å². The van der Waals surface area contributed by atoms with Gasteiger partial charge in [-0.15, -0.1) is 0 Å². The van der Waals surface area contributed by atoms with Crippen molar-refractivity contribution < 1.29 is 22.7 Å². The summed E-state index contributed by atoms with van der Waals surface area (Å²) in [6.45, 7) is 4.92. The van der Waals surface area contributed by atoms with Crippen molar-refractivity contribution in [3.63, 3.8) is 0 Å². The fourth-order valence-electron chi connectivity index (χ4n) is 4.17. The molecule has 1 amide bonds. The van der Waals surface area contributed by atoms with Crippen molar-refractivity contribution in [3.8, 4) is 0 Å². The summed E-state index contributed by atoms with van der Waals surface area (Å²) in [7, 11) is -2.29. The van der Waals surface area contributed by atoms with Crippen LogP contribution in [0.3, 0.4) is 0 Å². The number of ether oxygens (including phenoxy) is 1. The van der Waals surface area contributed by atoms with Crippen LogP contribution in [0.4, 0.5) is 0 Å². The summed E-state index contributed by atoms with van der Waals surface area (Å²) in [5, 5.41) is 0. The Morgan fingerprint density at radius 2 is 1.91 bits per heavy atom. The van der Waals surface area contributed by atoms with E-state index in [2.05, 4.69) is 4.99 Å². The standard InChI is InChI=1S/C24H27N3O5S2/c1-16-6-5-13-26(14-16)34(30,31)19-11-9-18(10-12-19)23(29)25-24-27(15-21(28)32-3)22-17(2)7-4-8-20(22)33-24/h4,7-12,16H,5-6,13-15H2,1-3H3. The predicted molar refractivity (Wildman–Crippen MR) is 130 cm³/mol. The first-order chi connectivity index (χ1) is 16.2. The minimum atomic E-state index is -3.60. The van der Waals surface area contributed by atoms with Crippen LogP contribution in [0.25, 0.3) is 10.2 Å². The van der Waals surface area contributed by atoms with Crippen LogP contribution >= 0.6 is 11.3 Å². The summed E-state index contributed by atoms with van der Waals surface area (Å²) >= 11 is 1.31. The molecule has 1 aliphatic rings. The molecule has 0 spiro atoms. The third-order valence-electron chi connectivity index (χ3n) is 5.97. The van der Waals surface area contributed by atoms with Crippen LogP contribution in [0.2, 0.25) is 0 Å². The third kappa shape index (κ3) is 4.84. The molecule has 3 aromatic rings. The SMILES string of the molecule is COC(=O)Cn1c(=NC(=O)c2ccc(S(=O)(=O)N3CCCC(C)C3)cc2)sc2cccc(C)c21. The van der Waals surface area contributed by atoms with E-state index in [1.807, 2.05) is 32.0 Å². The molecule has 0 saturated carbocycles. The number of carbonyl (C=O) groups is 2. The van der Waals surface area contributed by atoms with Crippen LogP contribution in [-0.2, 0) is 26.1 Å². The van der Waals surface area contributed by atoms with E-state index in [0.29, 0.717) is 23.8 Å². The van der Waals surface area contributed by atoms with E-state index < -0.39 is 21.9 Å². The van der Waals surface area contributed by atoms with Crippen molar-refractivity contribution in [1.29, 1.82) is 0 Å². The zero-order valence-electron chi connectivity index (χ0n) is 19.4. The number of carbonyl (C=O) groups excluding carboxylic acids is 2. The van der Waals surface area contributed by atoms with Gasteiger partial charge in [-0.25, -0.2) is 8.42 Å². The van der Waals surface area contributed by atoms with Crippen molar-refractivity contribution >= 4 is 43.5 Å². The molecule has 0 bridgehead atoms. The lowest BCUT2D eigenvalue weighted by Gasteiger charge is -2.30. The predicted octanol–water partition coefficient (Wildman–Crippen LogP) is 3.35. The van der Waals surface area contributed by atoms with Crippen LogP contribution in [0, 0.1) is 12.8 Å². The number of para-hydroxylation sites is 1. The van der Waals surface area contributed by atoms with E-state index in [1.54, 1.807) is 4.57 Å². The van der Waals surface area contributed by atoms with Crippen LogP contribution in [0.15, 0.2) is 52.4 Å². The summed E-state index contributed by atoms with van der Waals surface area (Å²) in [6, 6.07) is 11.6. The summed E-state index contributed by atoms with van der Waals surface area (Å²) in [6.07, 6.45) is 1.87. The number of thiazole rings is 1. The molecule has 0 aliphatic carbocycles. The lowest BCUT2D eigenvalue weighted by atomic mass is 10.0. The van der Waals surface area contributed by atoms with E-state index >= 15 is 0 Å². The van der Waals surface area contributed by atoms with Gasteiger partial charge in [-0.3, -0.25) is 9.59 Å². The summed E-state index contributed by atoms with van der Waals surface area (Å²) in [4.78, 5) is 29.7. The number of piperidine rings is 1. The van der Waals surface area contributed by atoms with Crippen LogP contribution < -0.4 is 4.80 Å². The average molecular weight is 502 g/mol. The molecule has 1 saturated heterocycles. The second-order valence-corrected chi connectivity index (χ2v) is 11.5. The molecule has 1 aromatic heterocycles. The second-order valence-electron chi connectivity index (χ2n) is 8.52. The van der Waals surface area contributed by atoms with Crippen molar-refractivity contribution in [1.82, 2.24) is 8.87 Å². The second kappa shape index (κ2) is 9.81. The van der Waals surface area contributed by atoms with Crippen LogP contribution in [0.1, 0.15) is 35.7 Å². The number of rotatable bonds is 5. The number of aryl methyl sites for hydroxylation is 1. The average Bonchev–Trinajstić information content (AvgIpc) is 3.16. The number of amides is 1. The monoisotopic (exact) mass is 501 g/mol. The van der Waals surface area contributed by atoms with E-state index in [9.17, 15) is 18.0 Å². The highest BCUT2D eigenvalue weighted by atomic mass is 32.2. The Hall–Kier alpha value is -2.82. The topological polar surface area (TPSA) is 98.0 Å².